The smallest absolute Gasteiger partial charge is 0.240 e. The van der Waals surface area contributed by atoms with Crippen LogP contribution in [-0.2, 0) is 33.1 Å². The number of primary sulfonamides is 1. The molecule has 5 rings (SSSR count). The summed E-state index contributed by atoms with van der Waals surface area (Å²) in [5, 5.41) is 12.9. The highest BCUT2D eigenvalue weighted by atomic mass is 32.2. The van der Waals surface area contributed by atoms with Gasteiger partial charge in [-0.2, -0.15) is 5.10 Å². The highest BCUT2D eigenvalue weighted by Crippen LogP contribution is 2.40. The monoisotopic (exact) mass is 515 g/mol. The van der Waals surface area contributed by atoms with E-state index in [4.69, 9.17) is 5.14 Å². The molecule has 0 atom stereocenters. The molecule has 2 fully saturated rings. The predicted molar refractivity (Wildman–Crippen MR) is 133 cm³/mol. The zero-order chi connectivity index (χ0) is 24.6. The SMILES string of the molecule is NS(=O)(=O)c1cc(S(=O)(=O)NCc2cccc(C3CC3)c2)ccc1NCc1ccnn1C1CCC1. The van der Waals surface area contributed by atoms with Crippen LogP contribution in [0, 0.1) is 0 Å². The number of nitrogens with zero attached hydrogens (tertiary/aromatic N) is 2. The van der Waals surface area contributed by atoms with Gasteiger partial charge in [0.15, 0.2) is 0 Å². The molecular weight excluding hydrogens is 486 g/mol. The molecule has 186 valence electrons. The number of hydrogen-bond donors (Lipinski definition) is 3. The van der Waals surface area contributed by atoms with Crippen LogP contribution < -0.4 is 15.2 Å². The number of benzene rings is 2. The average Bonchev–Trinajstić information content (AvgIpc) is 3.55. The van der Waals surface area contributed by atoms with E-state index in [0.717, 1.165) is 43.0 Å². The topological polar surface area (TPSA) is 136 Å². The van der Waals surface area contributed by atoms with E-state index in [-0.39, 0.29) is 22.0 Å². The number of rotatable bonds is 10. The van der Waals surface area contributed by atoms with Crippen LogP contribution in [-0.4, -0.2) is 26.6 Å². The lowest BCUT2D eigenvalue weighted by molar-refractivity contribution is 0.283. The third-order valence-electron chi connectivity index (χ3n) is 6.67. The fraction of sp³-hybridized carbons (Fsp3) is 0.375. The molecular formula is C24H29N5O4S2. The first-order valence-electron chi connectivity index (χ1n) is 11.7. The van der Waals surface area contributed by atoms with Gasteiger partial charge in [-0.3, -0.25) is 4.68 Å². The highest BCUT2D eigenvalue weighted by Gasteiger charge is 2.25. The largest absolute Gasteiger partial charge is 0.378 e. The van der Waals surface area contributed by atoms with Crippen LogP contribution in [0.1, 0.15) is 60.9 Å². The summed E-state index contributed by atoms with van der Waals surface area (Å²) in [7, 11) is -8.14. The molecule has 0 bridgehead atoms. The van der Waals surface area contributed by atoms with E-state index in [9.17, 15) is 16.8 Å². The number of aromatic nitrogens is 2. The molecule has 35 heavy (non-hydrogen) atoms. The van der Waals surface area contributed by atoms with Crippen LogP contribution >= 0.6 is 0 Å². The van der Waals surface area contributed by atoms with Crippen LogP contribution in [0.3, 0.4) is 0 Å². The van der Waals surface area contributed by atoms with E-state index < -0.39 is 20.0 Å². The van der Waals surface area contributed by atoms with Crippen molar-refractivity contribution in [3.63, 3.8) is 0 Å². The summed E-state index contributed by atoms with van der Waals surface area (Å²) in [6.45, 7) is 0.444. The standard InChI is InChI=1S/C24H29N5O4S2/c25-34(30,31)24-14-22(35(32,33)28-15-17-3-1-4-19(13-17)18-7-8-18)9-10-23(24)26-16-21-11-12-27-29(21)20-5-2-6-20/h1,3-4,9-14,18,20,26,28H,2,5-8,15-16H2,(H2,25,30,31). The molecule has 1 aromatic heterocycles. The molecule has 1 heterocycles. The van der Waals surface area contributed by atoms with E-state index in [2.05, 4.69) is 21.2 Å². The zero-order valence-corrected chi connectivity index (χ0v) is 20.9. The van der Waals surface area contributed by atoms with Gasteiger partial charge >= 0.3 is 0 Å². The van der Waals surface area contributed by atoms with Gasteiger partial charge in [-0.05, 0) is 73.4 Å². The van der Waals surface area contributed by atoms with Crippen LogP contribution in [0.5, 0.6) is 0 Å². The zero-order valence-electron chi connectivity index (χ0n) is 19.2. The van der Waals surface area contributed by atoms with E-state index in [1.54, 1.807) is 6.20 Å². The minimum atomic E-state index is -4.18. The van der Waals surface area contributed by atoms with Gasteiger partial charge in [0, 0.05) is 12.7 Å². The average molecular weight is 516 g/mol. The minimum Gasteiger partial charge on any atom is -0.378 e. The maximum atomic E-state index is 13.0. The maximum Gasteiger partial charge on any atom is 0.240 e. The Morgan fingerprint density at radius 3 is 2.46 bits per heavy atom. The quantitative estimate of drug-likeness (QED) is 0.379. The van der Waals surface area contributed by atoms with E-state index in [1.165, 1.54) is 24.1 Å². The lowest BCUT2D eigenvalue weighted by Gasteiger charge is -2.27. The minimum absolute atomic E-state index is 0.110. The second kappa shape index (κ2) is 9.38. The van der Waals surface area contributed by atoms with E-state index in [1.807, 2.05) is 28.9 Å². The Bertz CT molecular complexity index is 1440. The molecule has 2 aliphatic rings. The van der Waals surface area contributed by atoms with Gasteiger partial charge in [-0.1, -0.05) is 24.3 Å². The van der Waals surface area contributed by atoms with Crippen molar-refractivity contribution >= 4 is 25.7 Å². The summed E-state index contributed by atoms with van der Waals surface area (Å²) in [4.78, 5) is -0.434. The predicted octanol–water partition coefficient (Wildman–Crippen LogP) is 3.22. The third kappa shape index (κ3) is 5.43. The van der Waals surface area contributed by atoms with Gasteiger partial charge in [0.05, 0.1) is 28.9 Å². The Morgan fingerprint density at radius 2 is 1.77 bits per heavy atom. The van der Waals surface area contributed by atoms with Crippen LogP contribution in [0.4, 0.5) is 5.69 Å². The number of nitrogens with two attached hydrogens (primary N) is 1. The number of nitrogens with one attached hydrogen (secondary N) is 2. The second-order valence-electron chi connectivity index (χ2n) is 9.25. The van der Waals surface area contributed by atoms with Crippen molar-refractivity contribution in [2.24, 2.45) is 5.14 Å². The van der Waals surface area contributed by atoms with Crippen LogP contribution in [0.15, 0.2) is 64.5 Å². The van der Waals surface area contributed by atoms with Crippen molar-refractivity contribution in [2.45, 2.75) is 66.9 Å². The molecule has 0 amide bonds. The lowest BCUT2D eigenvalue weighted by atomic mass is 9.93. The van der Waals surface area contributed by atoms with Crippen molar-refractivity contribution in [3.8, 4) is 0 Å². The Balaban J connectivity index is 1.33. The van der Waals surface area contributed by atoms with Crippen molar-refractivity contribution in [2.75, 3.05) is 5.32 Å². The molecule has 9 nitrogen and oxygen atoms in total. The Morgan fingerprint density at radius 1 is 0.971 bits per heavy atom. The molecule has 0 aliphatic heterocycles. The van der Waals surface area contributed by atoms with Crippen LogP contribution in [0.25, 0.3) is 0 Å². The number of anilines is 1. The normalized spacial score (nSPS) is 16.7. The fourth-order valence-electron chi connectivity index (χ4n) is 4.31. The molecule has 0 radical (unpaired) electrons. The molecule has 4 N–H and O–H groups in total. The number of sulfonamides is 2. The first-order chi connectivity index (χ1) is 16.7. The van der Waals surface area contributed by atoms with Gasteiger partial charge in [-0.15, -0.1) is 0 Å². The van der Waals surface area contributed by atoms with Gasteiger partial charge in [0.1, 0.15) is 4.90 Å². The van der Waals surface area contributed by atoms with Crippen molar-refractivity contribution in [1.82, 2.24) is 14.5 Å². The third-order valence-corrected chi connectivity index (χ3v) is 9.02. The van der Waals surface area contributed by atoms with Gasteiger partial charge in [-0.25, -0.2) is 26.7 Å². The first-order valence-corrected chi connectivity index (χ1v) is 14.8. The summed E-state index contributed by atoms with van der Waals surface area (Å²) < 4.78 is 55.1. The maximum absolute atomic E-state index is 13.0. The molecule has 0 saturated heterocycles. The molecule has 3 aromatic rings. The molecule has 2 aliphatic carbocycles. The molecule has 0 spiro atoms. The van der Waals surface area contributed by atoms with Crippen molar-refractivity contribution in [3.05, 3.63) is 71.5 Å². The summed E-state index contributed by atoms with van der Waals surface area (Å²) in [5.41, 5.74) is 3.23. The molecule has 11 heteroatoms. The summed E-state index contributed by atoms with van der Waals surface area (Å²) in [5.74, 6) is 0.566. The first kappa shape index (κ1) is 24.0. The van der Waals surface area contributed by atoms with Gasteiger partial charge in [0.2, 0.25) is 20.0 Å². The van der Waals surface area contributed by atoms with Gasteiger partial charge in [0.25, 0.3) is 0 Å². The number of hydrogen-bond acceptors (Lipinski definition) is 6. The van der Waals surface area contributed by atoms with E-state index >= 15 is 0 Å². The molecule has 0 unspecified atom stereocenters. The fourth-order valence-corrected chi connectivity index (χ4v) is 6.17. The summed E-state index contributed by atoms with van der Waals surface area (Å²) in [6, 6.07) is 14.0. The lowest BCUT2D eigenvalue weighted by Crippen LogP contribution is -2.24. The summed E-state index contributed by atoms with van der Waals surface area (Å²) >= 11 is 0. The highest BCUT2D eigenvalue weighted by molar-refractivity contribution is 7.90. The second-order valence-corrected chi connectivity index (χ2v) is 12.5. The van der Waals surface area contributed by atoms with Crippen molar-refractivity contribution in [1.29, 1.82) is 0 Å². The Hall–Kier alpha value is -2.73. The summed E-state index contributed by atoms with van der Waals surface area (Å²) in [6.07, 6.45) is 7.35. The molecule has 2 aromatic carbocycles. The Kier molecular flexibility index (Phi) is 6.43. The van der Waals surface area contributed by atoms with Crippen LogP contribution in [0.2, 0.25) is 0 Å². The Labute approximate surface area is 205 Å². The van der Waals surface area contributed by atoms with E-state index in [0.29, 0.717) is 18.5 Å². The van der Waals surface area contributed by atoms with Crippen molar-refractivity contribution < 1.29 is 16.8 Å². The molecule has 2 saturated carbocycles. The van der Waals surface area contributed by atoms with Gasteiger partial charge < -0.3 is 5.32 Å².